The van der Waals surface area contributed by atoms with Crippen molar-refractivity contribution in [1.82, 2.24) is 9.88 Å². The van der Waals surface area contributed by atoms with Crippen LogP contribution in [0, 0.1) is 5.41 Å². The molecule has 0 bridgehead atoms. The Balaban J connectivity index is 1.66. The van der Waals surface area contributed by atoms with Gasteiger partial charge < -0.3 is 4.90 Å². The van der Waals surface area contributed by atoms with E-state index in [1.165, 1.54) is 25.7 Å². The van der Waals surface area contributed by atoms with Crippen molar-refractivity contribution in [3.63, 3.8) is 0 Å². The summed E-state index contributed by atoms with van der Waals surface area (Å²) in [6.45, 7) is 1.74. The maximum Gasteiger partial charge on any atom is 0.272 e. The smallest absolute Gasteiger partial charge is 0.272 e. The summed E-state index contributed by atoms with van der Waals surface area (Å²) >= 11 is 5.92. The van der Waals surface area contributed by atoms with Gasteiger partial charge in [0, 0.05) is 24.3 Å². The van der Waals surface area contributed by atoms with Gasteiger partial charge in [-0.3, -0.25) is 9.78 Å². The van der Waals surface area contributed by atoms with Gasteiger partial charge in [-0.05, 0) is 43.2 Å². The molecule has 4 heteroatoms. The molecule has 1 aliphatic carbocycles. The Morgan fingerprint density at radius 2 is 1.89 bits per heavy atom. The van der Waals surface area contributed by atoms with E-state index in [4.69, 9.17) is 11.6 Å². The second-order valence-electron chi connectivity index (χ2n) is 5.86. The number of piperidine rings is 1. The molecule has 19 heavy (non-hydrogen) atoms. The number of hydrogen-bond donors (Lipinski definition) is 0. The molecule has 0 unspecified atom stereocenters. The summed E-state index contributed by atoms with van der Waals surface area (Å²) in [5.74, 6) is 0.0235. The van der Waals surface area contributed by atoms with Crippen molar-refractivity contribution in [2.24, 2.45) is 5.41 Å². The van der Waals surface area contributed by atoms with Crippen LogP contribution >= 0.6 is 11.6 Å². The molecule has 1 amide bonds. The summed E-state index contributed by atoms with van der Waals surface area (Å²) in [5, 5.41) is 0.572. The number of amides is 1. The first-order chi connectivity index (χ1) is 9.19. The van der Waals surface area contributed by atoms with Crippen LogP contribution in [-0.4, -0.2) is 28.9 Å². The van der Waals surface area contributed by atoms with Crippen molar-refractivity contribution in [3.05, 3.63) is 29.0 Å². The van der Waals surface area contributed by atoms with Crippen LogP contribution in [0.5, 0.6) is 0 Å². The predicted octanol–water partition coefficient (Wildman–Crippen LogP) is 3.53. The summed E-state index contributed by atoms with van der Waals surface area (Å²) < 4.78 is 0. The minimum absolute atomic E-state index is 0.0235. The van der Waals surface area contributed by atoms with Crippen LogP contribution in [-0.2, 0) is 0 Å². The van der Waals surface area contributed by atoms with Gasteiger partial charge in [0.15, 0.2) is 0 Å². The number of rotatable bonds is 1. The number of likely N-dealkylation sites (tertiary alicyclic amines) is 1. The fourth-order valence-electron chi connectivity index (χ4n) is 3.49. The summed E-state index contributed by atoms with van der Waals surface area (Å²) in [7, 11) is 0. The Hall–Kier alpha value is -1.09. The molecule has 1 aromatic heterocycles. The zero-order valence-corrected chi connectivity index (χ0v) is 11.8. The number of halogens is 1. The molecule has 1 saturated carbocycles. The first-order valence-electron chi connectivity index (χ1n) is 7.09. The summed E-state index contributed by atoms with van der Waals surface area (Å²) in [5.41, 5.74) is 1.01. The maximum absolute atomic E-state index is 12.4. The van der Waals surface area contributed by atoms with Crippen molar-refractivity contribution in [2.45, 2.75) is 38.5 Å². The van der Waals surface area contributed by atoms with Crippen LogP contribution in [0.2, 0.25) is 5.02 Å². The normalized spacial score (nSPS) is 21.8. The molecule has 1 aliphatic heterocycles. The van der Waals surface area contributed by atoms with Gasteiger partial charge >= 0.3 is 0 Å². The largest absolute Gasteiger partial charge is 0.337 e. The van der Waals surface area contributed by atoms with E-state index in [0.29, 0.717) is 16.1 Å². The van der Waals surface area contributed by atoms with Crippen LogP contribution in [0.1, 0.15) is 49.0 Å². The number of carbonyl (C=O) groups excluding carboxylic acids is 1. The van der Waals surface area contributed by atoms with Crippen molar-refractivity contribution in [1.29, 1.82) is 0 Å². The summed E-state index contributed by atoms with van der Waals surface area (Å²) in [6.07, 6.45) is 9.33. The third kappa shape index (κ3) is 2.62. The van der Waals surface area contributed by atoms with Crippen molar-refractivity contribution in [2.75, 3.05) is 13.1 Å². The van der Waals surface area contributed by atoms with E-state index < -0.39 is 0 Å². The lowest BCUT2D eigenvalue weighted by Gasteiger charge is -2.39. The van der Waals surface area contributed by atoms with E-state index >= 15 is 0 Å². The van der Waals surface area contributed by atoms with E-state index in [1.54, 1.807) is 18.3 Å². The van der Waals surface area contributed by atoms with Crippen molar-refractivity contribution in [3.8, 4) is 0 Å². The molecule has 0 N–H and O–H groups in total. The quantitative estimate of drug-likeness (QED) is 0.787. The average molecular weight is 279 g/mol. The van der Waals surface area contributed by atoms with Crippen LogP contribution in [0.25, 0.3) is 0 Å². The van der Waals surface area contributed by atoms with E-state index in [0.717, 1.165) is 25.9 Å². The Morgan fingerprint density at radius 1 is 1.21 bits per heavy atom. The zero-order valence-electron chi connectivity index (χ0n) is 11.1. The van der Waals surface area contributed by atoms with Gasteiger partial charge in [0.2, 0.25) is 0 Å². The molecule has 1 saturated heterocycles. The molecular weight excluding hydrogens is 260 g/mol. The Morgan fingerprint density at radius 3 is 2.53 bits per heavy atom. The minimum atomic E-state index is 0.0235. The van der Waals surface area contributed by atoms with E-state index in [2.05, 4.69) is 4.98 Å². The van der Waals surface area contributed by atoms with Crippen LogP contribution in [0.3, 0.4) is 0 Å². The molecule has 1 aromatic rings. The maximum atomic E-state index is 12.4. The van der Waals surface area contributed by atoms with Gasteiger partial charge in [-0.2, -0.15) is 0 Å². The number of aromatic nitrogens is 1. The topological polar surface area (TPSA) is 33.2 Å². The van der Waals surface area contributed by atoms with E-state index in [1.807, 2.05) is 4.90 Å². The molecule has 0 atom stereocenters. The second kappa shape index (κ2) is 5.12. The number of carbonyl (C=O) groups is 1. The van der Waals surface area contributed by atoms with Crippen molar-refractivity contribution < 1.29 is 4.79 Å². The lowest BCUT2D eigenvalue weighted by Crippen LogP contribution is -2.42. The Labute approximate surface area is 119 Å². The first-order valence-corrected chi connectivity index (χ1v) is 7.47. The highest BCUT2D eigenvalue weighted by molar-refractivity contribution is 6.30. The highest BCUT2D eigenvalue weighted by atomic mass is 35.5. The standard InChI is InChI=1S/C15H19ClN2O/c16-12-3-8-17-13(11-12)14(19)18-9-6-15(7-10-18)4-1-2-5-15/h3,8,11H,1-2,4-7,9-10H2. The highest BCUT2D eigenvalue weighted by Crippen LogP contribution is 2.46. The molecule has 3 rings (SSSR count). The second-order valence-corrected chi connectivity index (χ2v) is 6.30. The lowest BCUT2D eigenvalue weighted by atomic mass is 9.77. The molecule has 2 fully saturated rings. The van der Waals surface area contributed by atoms with Crippen LogP contribution in [0.4, 0.5) is 0 Å². The number of nitrogens with zero attached hydrogens (tertiary/aromatic N) is 2. The Bertz CT molecular complexity index is 473. The molecule has 2 heterocycles. The average Bonchev–Trinajstić information content (AvgIpc) is 2.87. The van der Waals surface area contributed by atoms with Gasteiger partial charge in [0.05, 0.1) is 0 Å². The molecular formula is C15H19ClN2O. The van der Waals surface area contributed by atoms with E-state index in [-0.39, 0.29) is 5.91 Å². The molecule has 102 valence electrons. The monoisotopic (exact) mass is 278 g/mol. The third-order valence-electron chi connectivity index (χ3n) is 4.72. The van der Waals surface area contributed by atoms with Crippen LogP contribution < -0.4 is 0 Å². The fraction of sp³-hybridized carbons (Fsp3) is 0.600. The molecule has 1 spiro atoms. The van der Waals surface area contributed by atoms with Crippen molar-refractivity contribution >= 4 is 17.5 Å². The van der Waals surface area contributed by atoms with Crippen LogP contribution in [0.15, 0.2) is 18.3 Å². The van der Waals surface area contributed by atoms with Gasteiger partial charge in [0.25, 0.3) is 5.91 Å². The predicted molar refractivity (Wildman–Crippen MR) is 75.3 cm³/mol. The van der Waals surface area contributed by atoms with Gasteiger partial charge in [-0.25, -0.2) is 0 Å². The molecule has 3 nitrogen and oxygen atoms in total. The highest BCUT2D eigenvalue weighted by Gasteiger charge is 2.38. The third-order valence-corrected chi connectivity index (χ3v) is 4.95. The number of hydrogen-bond acceptors (Lipinski definition) is 2. The summed E-state index contributed by atoms with van der Waals surface area (Å²) in [4.78, 5) is 18.4. The van der Waals surface area contributed by atoms with Gasteiger partial charge in [-0.1, -0.05) is 24.4 Å². The first kappa shape index (κ1) is 12.9. The zero-order chi connectivity index (χ0) is 13.3. The Kier molecular flexibility index (Phi) is 3.48. The summed E-state index contributed by atoms with van der Waals surface area (Å²) in [6, 6.07) is 3.35. The van der Waals surface area contributed by atoms with Gasteiger partial charge in [-0.15, -0.1) is 0 Å². The SMILES string of the molecule is O=C(c1cc(Cl)ccn1)N1CCC2(CCCC2)CC1. The molecule has 2 aliphatic rings. The fourth-order valence-corrected chi connectivity index (χ4v) is 3.65. The lowest BCUT2D eigenvalue weighted by molar-refractivity contribution is 0.0582. The van der Waals surface area contributed by atoms with Gasteiger partial charge in [0.1, 0.15) is 5.69 Å². The number of pyridine rings is 1. The minimum Gasteiger partial charge on any atom is -0.337 e. The van der Waals surface area contributed by atoms with E-state index in [9.17, 15) is 4.79 Å². The molecule has 0 aromatic carbocycles. The molecule has 0 radical (unpaired) electrons.